The third-order valence-corrected chi connectivity index (χ3v) is 3.71. The Balaban J connectivity index is 2.86. The van der Waals surface area contributed by atoms with Gasteiger partial charge in [-0.3, -0.25) is 4.79 Å². The van der Waals surface area contributed by atoms with Crippen molar-refractivity contribution in [3.05, 3.63) is 0 Å². The molecule has 2 N–H and O–H groups in total. The number of hydroxylamine groups is 1. The lowest BCUT2D eigenvalue weighted by molar-refractivity contribution is -0.171. The lowest BCUT2D eigenvalue weighted by Gasteiger charge is -2.37. The van der Waals surface area contributed by atoms with E-state index in [9.17, 15) is 9.90 Å². The Morgan fingerprint density at radius 1 is 1.56 bits per heavy atom. The predicted octanol–water partition coefficient (Wildman–Crippen LogP) is 0.620. The van der Waals surface area contributed by atoms with Crippen LogP contribution in [0.4, 0.5) is 0 Å². The second-order valence-corrected chi connectivity index (χ2v) is 4.61. The lowest BCUT2D eigenvalue weighted by atomic mass is 9.76. The Hall–Kier alpha value is -0.650. The second-order valence-electron chi connectivity index (χ2n) is 4.61. The first-order valence-corrected chi connectivity index (χ1v) is 5.58. The van der Waals surface area contributed by atoms with Gasteiger partial charge >= 0.3 is 5.97 Å². The van der Waals surface area contributed by atoms with E-state index in [2.05, 4.69) is 5.48 Å². The van der Waals surface area contributed by atoms with Crippen LogP contribution >= 0.6 is 0 Å². The Morgan fingerprint density at radius 3 is 2.69 bits per heavy atom. The molecule has 1 aliphatic carbocycles. The summed E-state index contributed by atoms with van der Waals surface area (Å²) in [4.78, 5) is 16.7. The zero-order valence-electron chi connectivity index (χ0n) is 10.4. The fraction of sp³-hybridized carbons (Fsp3) is 0.909. The first kappa shape index (κ1) is 13.4. The molecule has 0 spiro atoms. The standard InChI is InChI=1S/C11H21NO4/c1-5-16-9(13)10(2)7-6-8(12-15-4)11(10,3)14/h8,12,14H,5-7H2,1-4H3/t8-,10+,11-/m0/s1. The molecule has 5 heteroatoms. The van der Waals surface area contributed by atoms with Crippen LogP contribution in [-0.2, 0) is 14.4 Å². The minimum absolute atomic E-state index is 0.257. The number of hydrogen-bond donors (Lipinski definition) is 2. The van der Waals surface area contributed by atoms with Gasteiger partial charge in [0.2, 0.25) is 0 Å². The van der Waals surface area contributed by atoms with Crippen molar-refractivity contribution in [2.75, 3.05) is 13.7 Å². The minimum atomic E-state index is -1.17. The summed E-state index contributed by atoms with van der Waals surface area (Å²) in [5.41, 5.74) is 0.682. The molecule has 0 amide bonds. The number of esters is 1. The number of carbonyl (C=O) groups is 1. The zero-order valence-corrected chi connectivity index (χ0v) is 10.4. The molecular weight excluding hydrogens is 210 g/mol. The molecule has 0 unspecified atom stereocenters. The van der Waals surface area contributed by atoms with Crippen molar-refractivity contribution in [1.29, 1.82) is 0 Å². The van der Waals surface area contributed by atoms with E-state index in [1.807, 2.05) is 0 Å². The Morgan fingerprint density at radius 2 is 2.19 bits per heavy atom. The smallest absolute Gasteiger partial charge is 0.314 e. The molecule has 0 radical (unpaired) electrons. The van der Waals surface area contributed by atoms with Gasteiger partial charge in [0.25, 0.3) is 0 Å². The molecule has 3 atom stereocenters. The van der Waals surface area contributed by atoms with Crippen molar-refractivity contribution in [3.63, 3.8) is 0 Å². The molecule has 16 heavy (non-hydrogen) atoms. The normalized spacial score (nSPS) is 38.7. The third kappa shape index (κ3) is 1.95. The quantitative estimate of drug-likeness (QED) is 0.548. The molecule has 1 fully saturated rings. The SMILES string of the molecule is CCOC(=O)[C@@]1(C)CC[C@H](NOC)[C@]1(C)O. The van der Waals surface area contributed by atoms with E-state index >= 15 is 0 Å². The Labute approximate surface area is 96.1 Å². The summed E-state index contributed by atoms with van der Waals surface area (Å²) in [5, 5.41) is 10.5. The molecule has 1 saturated carbocycles. The van der Waals surface area contributed by atoms with Gasteiger partial charge in [-0.25, -0.2) is 0 Å². The van der Waals surface area contributed by atoms with E-state index in [-0.39, 0.29) is 12.0 Å². The average Bonchev–Trinajstić information content (AvgIpc) is 2.44. The van der Waals surface area contributed by atoms with Gasteiger partial charge < -0.3 is 14.7 Å². The largest absolute Gasteiger partial charge is 0.465 e. The summed E-state index contributed by atoms with van der Waals surface area (Å²) in [6.07, 6.45) is 1.26. The zero-order chi connectivity index (χ0) is 12.4. The number of aliphatic hydroxyl groups is 1. The Bertz CT molecular complexity index is 267. The van der Waals surface area contributed by atoms with Crippen molar-refractivity contribution in [2.45, 2.75) is 45.3 Å². The molecule has 0 saturated heterocycles. The summed E-state index contributed by atoms with van der Waals surface area (Å²) in [6.45, 7) is 5.47. The van der Waals surface area contributed by atoms with Gasteiger partial charge in [-0.2, -0.15) is 5.48 Å². The van der Waals surface area contributed by atoms with Crippen molar-refractivity contribution in [3.8, 4) is 0 Å². The number of ether oxygens (including phenoxy) is 1. The van der Waals surface area contributed by atoms with Gasteiger partial charge in [0.15, 0.2) is 0 Å². The van der Waals surface area contributed by atoms with Crippen LogP contribution in [0, 0.1) is 5.41 Å². The van der Waals surface area contributed by atoms with E-state index in [0.29, 0.717) is 19.4 Å². The fourth-order valence-corrected chi connectivity index (χ4v) is 2.27. The van der Waals surface area contributed by atoms with Gasteiger partial charge in [-0.1, -0.05) is 0 Å². The molecule has 5 nitrogen and oxygen atoms in total. The van der Waals surface area contributed by atoms with E-state index in [0.717, 1.165) is 0 Å². The highest BCUT2D eigenvalue weighted by molar-refractivity contribution is 5.78. The van der Waals surface area contributed by atoms with Gasteiger partial charge in [0.1, 0.15) is 0 Å². The minimum Gasteiger partial charge on any atom is -0.465 e. The van der Waals surface area contributed by atoms with Gasteiger partial charge in [-0.15, -0.1) is 0 Å². The van der Waals surface area contributed by atoms with E-state index in [1.165, 1.54) is 7.11 Å². The number of rotatable bonds is 4. The highest BCUT2D eigenvalue weighted by Crippen LogP contribution is 2.47. The predicted molar refractivity (Wildman–Crippen MR) is 58.5 cm³/mol. The monoisotopic (exact) mass is 231 g/mol. The van der Waals surface area contributed by atoms with Crippen molar-refractivity contribution >= 4 is 5.97 Å². The second kappa shape index (κ2) is 4.69. The molecule has 0 bridgehead atoms. The van der Waals surface area contributed by atoms with Crippen LogP contribution in [0.3, 0.4) is 0 Å². The Kier molecular flexibility index (Phi) is 3.93. The molecule has 1 rings (SSSR count). The van der Waals surface area contributed by atoms with Crippen LogP contribution in [0.25, 0.3) is 0 Å². The summed E-state index contributed by atoms with van der Waals surface area (Å²) in [6, 6.07) is -0.257. The summed E-state index contributed by atoms with van der Waals surface area (Å²) < 4.78 is 5.02. The molecular formula is C11H21NO4. The molecule has 0 aliphatic heterocycles. The van der Waals surface area contributed by atoms with E-state index in [4.69, 9.17) is 9.57 Å². The van der Waals surface area contributed by atoms with Crippen LogP contribution in [0.5, 0.6) is 0 Å². The van der Waals surface area contributed by atoms with Crippen molar-refractivity contribution in [1.82, 2.24) is 5.48 Å². The topological polar surface area (TPSA) is 67.8 Å². The van der Waals surface area contributed by atoms with Crippen LogP contribution in [-0.4, -0.2) is 36.4 Å². The fourth-order valence-electron chi connectivity index (χ4n) is 2.27. The molecule has 0 aromatic heterocycles. The first-order valence-electron chi connectivity index (χ1n) is 5.58. The summed E-state index contributed by atoms with van der Waals surface area (Å²) >= 11 is 0. The van der Waals surface area contributed by atoms with Crippen molar-refractivity contribution in [2.24, 2.45) is 5.41 Å². The van der Waals surface area contributed by atoms with Gasteiger partial charge in [0.05, 0.1) is 30.8 Å². The molecule has 1 aliphatic rings. The van der Waals surface area contributed by atoms with Gasteiger partial charge in [-0.05, 0) is 33.6 Å². The highest BCUT2D eigenvalue weighted by Gasteiger charge is 2.59. The maximum atomic E-state index is 11.9. The summed E-state index contributed by atoms with van der Waals surface area (Å²) in [7, 11) is 1.50. The molecule has 0 aromatic carbocycles. The average molecular weight is 231 g/mol. The molecule has 0 aromatic rings. The molecule has 0 heterocycles. The van der Waals surface area contributed by atoms with Crippen LogP contribution in [0.15, 0.2) is 0 Å². The van der Waals surface area contributed by atoms with Gasteiger partial charge in [0, 0.05) is 0 Å². The van der Waals surface area contributed by atoms with Crippen LogP contribution < -0.4 is 5.48 Å². The lowest BCUT2D eigenvalue weighted by Crippen LogP contribution is -2.55. The molecule has 94 valence electrons. The van der Waals surface area contributed by atoms with E-state index in [1.54, 1.807) is 20.8 Å². The number of nitrogens with one attached hydrogen (secondary N) is 1. The van der Waals surface area contributed by atoms with E-state index < -0.39 is 11.0 Å². The first-order chi connectivity index (χ1) is 7.40. The number of carbonyl (C=O) groups excluding carboxylic acids is 1. The maximum Gasteiger partial charge on any atom is 0.314 e. The summed E-state index contributed by atoms with van der Waals surface area (Å²) in [5.74, 6) is -0.347. The number of hydrogen-bond acceptors (Lipinski definition) is 5. The van der Waals surface area contributed by atoms with Crippen LogP contribution in [0.2, 0.25) is 0 Å². The highest BCUT2D eigenvalue weighted by atomic mass is 16.6. The third-order valence-electron chi connectivity index (χ3n) is 3.71. The van der Waals surface area contributed by atoms with Crippen molar-refractivity contribution < 1.29 is 19.5 Å². The maximum absolute atomic E-state index is 11.9. The van der Waals surface area contributed by atoms with Crippen LogP contribution in [0.1, 0.15) is 33.6 Å².